The highest BCUT2D eigenvalue weighted by atomic mass is 35.7. The molecule has 0 saturated heterocycles. The van der Waals surface area contributed by atoms with Crippen molar-refractivity contribution in [3.8, 4) is 0 Å². The molecule has 1 aliphatic carbocycles. The van der Waals surface area contributed by atoms with Crippen LogP contribution in [0.4, 0.5) is 4.39 Å². The molecule has 1 aromatic carbocycles. The Morgan fingerprint density at radius 3 is 2.47 bits per heavy atom. The highest BCUT2D eigenvalue weighted by molar-refractivity contribution is 8.13. The lowest BCUT2D eigenvalue weighted by Gasteiger charge is -2.08. The van der Waals surface area contributed by atoms with E-state index in [1.165, 1.54) is 0 Å². The van der Waals surface area contributed by atoms with Crippen molar-refractivity contribution >= 4 is 25.6 Å². The van der Waals surface area contributed by atoms with Crippen LogP contribution in [0.5, 0.6) is 0 Å². The summed E-state index contributed by atoms with van der Waals surface area (Å²) in [6.07, 6.45) is 0.842. The Morgan fingerprint density at radius 1 is 1.47 bits per heavy atom. The summed E-state index contributed by atoms with van der Waals surface area (Å²) in [5, 5.41) is 2.70. The topological polar surface area (TPSA) is 63.2 Å². The van der Waals surface area contributed by atoms with E-state index in [9.17, 15) is 17.6 Å². The van der Waals surface area contributed by atoms with E-state index in [4.69, 9.17) is 10.7 Å². The second kappa shape index (κ2) is 4.45. The first-order valence-corrected chi connectivity index (χ1v) is 7.97. The summed E-state index contributed by atoms with van der Waals surface area (Å²) in [7, 11) is 1.10. The van der Waals surface area contributed by atoms with Crippen molar-refractivity contribution in [3.63, 3.8) is 0 Å². The van der Waals surface area contributed by atoms with Gasteiger partial charge in [0.2, 0.25) is 0 Å². The normalized spacial score (nSPS) is 20.9. The summed E-state index contributed by atoms with van der Waals surface area (Å²) in [5.74, 6) is -1.45. The van der Waals surface area contributed by atoms with Gasteiger partial charge in [-0.15, -0.1) is 0 Å². The standard InChI is InChI=1S/C12H13ClFNO3S/c1-12(2)6-10(12)15-11(16)8-4-3-7(5-9(8)14)19(13,17)18/h3-5,10H,6H2,1-2H3,(H,15,16). The highest BCUT2D eigenvalue weighted by Gasteiger charge is 2.46. The van der Waals surface area contributed by atoms with Crippen molar-refractivity contribution in [1.29, 1.82) is 0 Å². The van der Waals surface area contributed by atoms with Crippen molar-refractivity contribution in [2.45, 2.75) is 31.2 Å². The molecule has 1 aliphatic rings. The molecule has 7 heteroatoms. The maximum absolute atomic E-state index is 13.7. The first-order chi connectivity index (χ1) is 8.61. The summed E-state index contributed by atoms with van der Waals surface area (Å²) >= 11 is 0. The van der Waals surface area contributed by atoms with E-state index in [1.807, 2.05) is 13.8 Å². The van der Waals surface area contributed by atoms with Gasteiger partial charge in [-0.25, -0.2) is 12.8 Å². The predicted molar refractivity (Wildman–Crippen MR) is 69.1 cm³/mol. The summed E-state index contributed by atoms with van der Waals surface area (Å²) < 4.78 is 35.8. The van der Waals surface area contributed by atoms with Gasteiger partial charge < -0.3 is 5.32 Å². The Labute approximate surface area is 115 Å². The van der Waals surface area contributed by atoms with Crippen LogP contribution in [-0.4, -0.2) is 20.4 Å². The molecule has 0 bridgehead atoms. The zero-order valence-corrected chi connectivity index (χ0v) is 12.0. The minimum absolute atomic E-state index is 0.0239. The lowest BCUT2D eigenvalue weighted by Crippen LogP contribution is -2.29. The van der Waals surface area contributed by atoms with E-state index in [0.717, 1.165) is 24.6 Å². The van der Waals surface area contributed by atoms with Crippen LogP contribution in [0.3, 0.4) is 0 Å². The van der Waals surface area contributed by atoms with Gasteiger partial charge in [-0.2, -0.15) is 0 Å². The average Bonchev–Trinajstić information content (AvgIpc) is 2.84. The number of rotatable bonds is 3. The number of hydrogen-bond donors (Lipinski definition) is 1. The maximum atomic E-state index is 13.7. The Balaban J connectivity index is 2.20. The molecule has 1 N–H and O–H groups in total. The van der Waals surface area contributed by atoms with Gasteiger partial charge in [0.25, 0.3) is 15.0 Å². The molecule has 1 fully saturated rings. The molecular formula is C12H13ClFNO3S. The van der Waals surface area contributed by atoms with Crippen LogP contribution >= 0.6 is 10.7 Å². The van der Waals surface area contributed by atoms with Crippen molar-refractivity contribution in [2.24, 2.45) is 5.41 Å². The maximum Gasteiger partial charge on any atom is 0.261 e. The third-order valence-corrected chi connectivity index (χ3v) is 4.64. The molecule has 1 unspecified atom stereocenters. The third-order valence-electron chi connectivity index (χ3n) is 3.29. The quantitative estimate of drug-likeness (QED) is 0.871. The Hall–Kier alpha value is -1.14. The Kier molecular flexibility index (Phi) is 3.35. The van der Waals surface area contributed by atoms with E-state index in [2.05, 4.69) is 5.32 Å². The Morgan fingerprint density at radius 2 is 2.05 bits per heavy atom. The van der Waals surface area contributed by atoms with Gasteiger partial charge in [0.1, 0.15) is 5.82 Å². The van der Waals surface area contributed by atoms with E-state index in [1.54, 1.807) is 0 Å². The number of hydrogen-bond acceptors (Lipinski definition) is 3. The molecule has 0 heterocycles. The summed E-state index contributed by atoms with van der Waals surface area (Å²) in [6.45, 7) is 3.99. The number of nitrogens with one attached hydrogen (secondary N) is 1. The van der Waals surface area contributed by atoms with Crippen molar-refractivity contribution in [3.05, 3.63) is 29.6 Å². The highest BCUT2D eigenvalue weighted by Crippen LogP contribution is 2.44. The van der Waals surface area contributed by atoms with E-state index >= 15 is 0 Å². The fourth-order valence-corrected chi connectivity index (χ4v) is 2.54. The fourth-order valence-electron chi connectivity index (χ4n) is 1.78. The average molecular weight is 306 g/mol. The number of amides is 1. The van der Waals surface area contributed by atoms with Crippen molar-refractivity contribution in [2.75, 3.05) is 0 Å². The second-order valence-corrected chi connectivity index (χ2v) is 7.86. The van der Waals surface area contributed by atoms with E-state index < -0.39 is 20.8 Å². The molecule has 2 rings (SSSR count). The third kappa shape index (κ3) is 3.06. The van der Waals surface area contributed by atoms with Gasteiger partial charge in [0.15, 0.2) is 0 Å². The molecule has 0 aliphatic heterocycles. The smallest absolute Gasteiger partial charge is 0.261 e. The fraction of sp³-hybridized carbons (Fsp3) is 0.417. The van der Waals surface area contributed by atoms with Crippen molar-refractivity contribution < 1.29 is 17.6 Å². The monoisotopic (exact) mass is 305 g/mol. The number of carbonyl (C=O) groups is 1. The Bertz CT molecular complexity index is 642. The number of halogens is 2. The number of carbonyl (C=O) groups excluding carboxylic acids is 1. The molecule has 104 valence electrons. The summed E-state index contributed by atoms with van der Waals surface area (Å²) in [4.78, 5) is 11.5. The predicted octanol–water partition coefficient (Wildman–Crippen LogP) is 2.28. The molecule has 4 nitrogen and oxygen atoms in total. The van der Waals surface area contributed by atoms with Gasteiger partial charge in [0.05, 0.1) is 10.5 Å². The van der Waals surface area contributed by atoms with Gasteiger partial charge in [-0.3, -0.25) is 4.79 Å². The lowest BCUT2D eigenvalue weighted by molar-refractivity contribution is 0.0942. The zero-order chi connectivity index (χ0) is 14.4. The molecule has 1 aromatic rings. The molecule has 1 atom stereocenters. The molecular weight excluding hydrogens is 293 g/mol. The number of benzene rings is 1. The van der Waals surface area contributed by atoms with Gasteiger partial charge in [0, 0.05) is 16.7 Å². The van der Waals surface area contributed by atoms with E-state index in [0.29, 0.717) is 0 Å². The van der Waals surface area contributed by atoms with Crippen LogP contribution in [0.1, 0.15) is 30.6 Å². The van der Waals surface area contributed by atoms with Gasteiger partial charge in [-0.05, 0) is 30.0 Å². The molecule has 0 aromatic heterocycles. The van der Waals surface area contributed by atoms with Crippen LogP contribution in [0, 0.1) is 11.2 Å². The minimum atomic E-state index is -4.00. The second-order valence-electron chi connectivity index (χ2n) is 5.30. The van der Waals surface area contributed by atoms with Crippen molar-refractivity contribution in [1.82, 2.24) is 5.32 Å². The first-order valence-electron chi connectivity index (χ1n) is 5.66. The van der Waals surface area contributed by atoms with Crippen LogP contribution in [0.2, 0.25) is 0 Å². The largest absolute Gasteiger partial charge is 0.349 e. The lowest BCUT2D eigenvalue weighted by atomic mass is 10.1. The zero-order valence-electron chi connectivity index (χ0n) is 10.4. The van der Waals surface area contributed by atoms with E-state index in [-0.39, 0.29) is 21.9 Å². The van der Waals surface area contributed by atoms with Gasteiger partial charge in [-0.1, -0.05) is 13.8 Å². The van der Waals surface area contributed by atoms with Crippen LogP contribution in [0.15, 0.2) is 23.1 Å². The minimum Gasteiger partial charge on any atom is -0.349 e. The van der Waals surface area contributed by atoms with Crippen LogP contribution in [0.25, 0.3) is 0 Å². The molecule has 1 amide bonds. The summed E-state index contributed by atoms with van der Waals surface area (Å²) in [6, 6.07) is 3.00. The first kappa shape index (κ1) is 14.3. The van der Waals surface area contributed by atoms with Gasteiger partial charge >= 0.3 is 0 Å². The molecule has 1 saturated carbocycles. The van der Waals surface area contributed by atoms with Crippen LogP contribution < -0.4 is 5.32 Å². The molecule has 0 radical (unpaired) electrons. The molecule has 0 spiro atoms. The molecule has 19 heavy (non-hydrogen) atoms. The SMILES string of the molecule is CC1(C)CC1NC(=O)c1ccc(S(=O)(=O)Cl)cc1F. The summed E-state index contributed by atoms with van der Waals surface area (Å²) in [5.41, 5.74) is -0.155. The van der Waals surface area contributed by atoms with Crippen LogP contribution in [-0.2, 0) is 9.05 Å².